The third kappa shape index (κ3) is 4.46. The number of nitrogens with two attached hydrogens (primary N) is 1. The van der Waals surface area contributed by atoms with Crippen LogP contribution in [0.3, 0.4) is 0 Å². The molecular weight excluding hydrogens is 248 g/mol. The first-order chi connectivity index (χ1) is 9.69. The van der Waals surface area contributed by atoms with E-state index in [0.29, 0.717) is 5.92 Å². The van der Waals surface area contributed by atoms with E-state index in [9.17, 15) is 0 Å². The second kappa shape index (κ2) is 7.60. The minimum Gasteiger partial charge on any atom is -0.354 e. The van der Waals surface area contributed by atoms with Crippen molar-refractivity contribution in [1.29, 1.82) is 0 Å². The maximum atomic E-state index is 5.91. The molecule has 0 aliphatic carbocycles. The molecule has 2 N–H and O–H groups in total. The number of rotatable bonds is 6. The van der Waals surface area contributed by atoms with E-state index in [1.165, 1.54) is 6.42 Å². The number of pyridine rings is 1. The van der Waals surface area contributed by atoms with Crippen LogP contribution in [-0.2, 0) is 0 Å². The van der Waals surface area contributed by atoms with Crippen LogP contribution in [0, 0.1) is 11.8 Å². The molecule has 1 aromatic rings. The van der Waals surface area contributed by atoms with E-state index in [4.69, 9.17) is 5.73 Å². The van der Waals surface area contributed by atoms with Crippen LogP contribution in [0.5, 0.6) is 0 Å². The molecule has 1 atom stereocenters. The lowest BCUT2D eigenvalue weighted by molar-refractivity contribution is 0.206. The fourth-order valence-electron chi connectivity index (χ4n) is 2.98. The van der Waals surface area contributed by atoms with Crippen LogP contribution >= 0.6 is 0 Å². The minimum atomic E-state index is 0.636. The van der Waals surface area contributed by atoms with Gasteiger partial charge >= 0.3 is 0 Å². The van der Waals surface area contributed by atoms with E-state index >= 15 is 0 Å². The second-order valence-electron chi connectivity index (χ2n) is 6.21. The number of anilines is 1. The van der Waals surface area contributed by atoms with Crippen molar-refractivity contribution in [1.82, 2.24) is 9.88 Å². The Morgan fingerprint density at radius 2 is 1.95 bits per heavy atom. The van der Waals surface area contributed by atoms with Gasteiger partial charge in [-0.25, -0.2) is 4.98 Å². The molecule has 1 aliphatic heterocycles. The van der Waals surface area contributed by atoms with Crippen molar-refractivity contribution >= 4 is 5.82 Å². The van der Waals surface area contributed by atoms with E-state index in [1.54, 1.807) is 0 Å². The molecule has 4 heteroatoms. The van der Waals surface area contributed by atoms with Crippen molar-refractivity contribution in [3.8, 4) is 0 Å². The van der Waals surface area contributed by atoms with E-state index in [0.717, 1.165) is 51.0 Å². The van der Waals surface area contributed by atoms with E-state index in [-0.39, 0.29) is 0 Å². The summed E-state index contributed by atoms with van der Waals surface area (Å²) in [5, 5.41) is 0. The van der Waals surface area contributed by atoms with Gasteiger partial charge in [0.05, 0.1) is 0 Å². The number of hydrogen-bond acceptors (Lipinski definition) is 4. The second-order valence-corrected chi connectivity index (χ2v) is 6.21. The molecule has 2 heterocycles. The molecule has 1 unspecified atom stereocenters. The van der Waals surface area contributed by atoms with Crippen molar-refractivity contribution in [2.45, 2.75) is 20.3 Å². The highest BCUT2D eigenvalue weighted by atomic mass is 15.3. The number of piperazine rings is 1. The summed E-state index contributed by atoms with van der Waals surface area (Å²) >= 11 is 0. The van der Waals surface area contributed by atoms with Crippen molar-refractivity contribution in [3.05, 3.63) is 24.4 Å². The number of aromatic nitrogens is 1. The van der Waals surface area contributed by atoms with Gasteiger partial charge in [-0.3, -0.25) is 4.90 Å². The van der Waals surface area contributed by atoms with Crippen molar-refractivity contribution < 1.29 is 0 Å². The molecule has 0 radical (unpaired) electrons. The molecule has 2 rings (SSSR count). The molecule has 20 heavy (non-hydrogen) atoms. The molecule has 1 aliphatic rings. The zero-order chi connectivity index (χ0) is 14.4. The quantitative estimate of drug-likeness (QED) is 0.861. The lowest BCUT2D eigenvalue weighted by Crippen LogP contribution is -2.48. The Balaban J connectivity index is 1.79. The van der Waals surface area contributed by atoms with Gasteiger partial charge in [0.2, 0.25) is 0 Å². The van der Waals surface area contributed by atoms with Gasteiger partial charge in [-0.15, -0.1) is 0 Å². The third-order valence-electron chi connectivity index (χ3n) is 4.00. The van der Waals surface area contributed by atoms with E-state index in [2.05, 4.69) is 40.8 Å². The van der Waals surface area contributed by atoms with Gasteiger partial charge in [0, 0.05) is 38.9 Å². The Kier molecular flexibility index (Phi) is 5.80. The van der Waals surface area contributed by atoms with Gasteiger partial charge < -0.3 is 10.6 Å². The van der Waals surface area contributed by atoms with Crippen LogP contribution < -0.4 is 10.6 Å². The SMILES string of the molecule is CC(C)CC(CN)CN1CCN(c2ccccn2)CC1. The molecule has 0 aromatic carbocycles. The summed E-state index contributed by atoms with van der Waals surface area (Å²) < 4.78 is 0. The summed E-state index contributed by atoms with van der Waals surface area (Å²) in [5.41, 5.74) is 5.91. The third-order valence-corrected chi connectivity index (χ3v) is 4.00. The first-order valence-electron chi connectivity index (χ1n) is 7.77. The molecule has 1 fully saturated rings. The van der Waals surface area contributed by atoms with Crippen LogP contribution in [0.15, 0.2) is 24.4 Å². The molecule has 112 valence electrons. The fraction of sp³-hybridized carbons (Fsp3) is 0.688. The van der Waals surface area contributed by atoms with Gasteiger partial charge in [0.25, 0.3) is 0 Å². The molecule has 0 bridgehead atoms. The topological polar surface area (TPSA) is 45.4 Å². The Morgan fingerprint density at radius 1 is 1.20 bits per heavy atom. The van der Waals surface area contributed by atoms with Gasteiger partial charge in [0.15, 0.2) is 0 Å². The largest absolute Gasteiger partial charge is 0.354 e. The highest BCUT2D eigenvalue weighted by Crippen LogP contribution is 2.16. The summed E-state index contributed by atoms with van der Waals surface area (Å²) in [7, 11) is 0. The summed E-state index contributed by atoms with van der Waals surface area (Å²) in [6.45, 7) is 10.9. The Labute approximate surface area is 123 Å². The van der Waals surface area contributed by atoms with Crippen LogP contribution in [-0.4, -0.2) is 49.2 Å². The van der Waals surface area contributed by atoms with Crippen molar-refractivity contribution in [2.24, 2.45) is 17.6 Å². The smallest absolute Gasteiger partial charge is 0.128 e. The minimum absolute atomic E-state index is 0.636. The predicted molar refractivity (Wildman–Crippen MR) is 84.9 cm³/mol. The summed E-state index contributed by atoms with van der Waals surface area (Å²) in [5.74, 6) is 2.47. The van der Waals surface area contributed by atoms with Gasteiger partial charge in [0.1, 0.15) is 5.82 Å². The lowest BCUT2D eigenvalue weighted by Gasteiger charge is -2.37. The van der Waals surface area contributed by atoms with Crippen LogP contribution in [0.2, 0.25) is 0 Å². The van der Waals surface area contributed by atoms with Crippen molar-refractivity contribution in [3.63, 3.8) is 0 Å². The molecule has 0 spiro atoms. The molecule has 4 nitrogen and oxygen atoms in total. The Hall–Kier alpha value is -1.13. The summed E-state index contributed by atoms with van der Waals surface area (Å²) in [6.07, 6.45) is 3.10. The van der Waals surface area contributed by atoms with Crippen molar-refractivity contribution in [2.75, 3.05) is 44.2 Å². The lowest BCUT2D eigenvalue weighted by atomic mass is 9.96. The van der Waals surface area contributed by atoms with E-state index < -0.39 is 0 Å². The summed E-state index contributed by atoms with van der Waals surface area (Å²) in [6, 6.07) is 6.12. The maximum Gasteiger partial charge on any atom is 0.128 e. The first kappa shape index (κ1) is 15.3. The normalized spacial score (nSPS) is 18.5. The zero-order valence-electron chi connectivity index (χ0n) is 12.8. The average Bonchev–Trinajstić information content (AvgIpc) is 2.48. The molecule has 1 aromatic heterocycles. The highest BCUT2D eigenvalue weighted by Gasteiger charge is 2.20. The molecule has 1 saturated heterocycles. The van der Waals surface area contributed by atoms with Gasteiger partial charge in [-0.1, -0.05) is 19.9 Å². The number of nitrogens with zero attached hydrogens (tertiary/aromatic N) is 3. The Morgan fingerprint density at radius 3 is 2.50 bits per heavy atom. The monoisotopic (exact) mass is 276 g/mol. The molecular formula is C16H28N4. The zero-order valence-corrected chi connectivity index (χ0v) is 12.8. The van der Waals surface area contributed by atoms with Crippen LogP contribution in [0.1, 0.15) is 20.3 Å². The van der Waals surface area contributed by atoms with Gasteiger partial charge in [-0.2, -0.15) is 0 Å². The standard InChI is InChI=1S/C16H28N4/c1-14(2)11-15(12-17)13-19-7-9-20(10-8-19)16-5-3-4-6-18-16/h3-6,14-15H,7-13,17H2,1-2H3. The Bertz CT molecular complexity index is 371. The predicted octanol–water partition coefficient (Wildman–Crippen LogP) is 1.82. The number of hydrogen-bond donors (Lipinski definition) is 1. The maximum absolute atomic E-state index is 5.91. The fourth-order valence-corrected chi connectivity index (χ4v) is 2.98. The molecule has 0 amide bonds. The van der Waals surface area contributed by atoms with E-state index in [1.807, 2.05) is 12.3 Å². The summed E-state index contributed by atoms with van der Waals surface area (Å²) in [4.78, 5) is 9.36. The van der Waals surface area contributed by atoms with Gasteiger partial charge in [-0.05, 0) is 36.9 Å². The molecule has 0 saturated carbocycles. The highest BCUT2D eigenvalue weighted by molar-refractivity contribution is 5.38. The van der Waals surface area contributed by atoms with Crippen LogP contribution in [0.4, 0.5) is 5.82 Å². The first-order valence-corrected chi connectivity index (χ1v) is 7.77. The average molecular weight is 276 g/mol. The van der Waals surface area contributed by atoms with Crippen LogP contribution in [0.25, 0.3) is 0 Å².